The highest BCUT2D eigenvalue weighted by molar-refractivity contribution is 7.89. The lowest BCUT2D eigenvalue weighted by Gasteiger charge is -2.04. The Bertz CT molecular complexity index is 645. The lowest BCUT2D eigenvalue weighted by atomic mass is 10.5. The molecule has 0 saturated heterocycles. The molecular formula is C9H9N3O4S2. The van der Waals surface area contributed by atoms with E-state index in [9.17, 15) is 13.2 Å². The number of H-pyrrole nitrogens is 1. The number of carbonyl (C=O) groups is 1. The molecule has 0 aliphatic carbocycles. The van der Waals surface area contributed by atoms with Crippen LogP contribution in [0.1, 0.15) is 15.4 Å². The van der Waals surface area contributed by atoms with E-state index in [1.54, 1.807) is 0 Å². The minimum atomic E-state index is -3.84. The molecule has 18 heavy (non-hydrogen) atoms. The van der Waals surface area contributed by atoms with E-state index in [0.29, 0.717) is 5.69 Å². The van der Waals surface area contributed by atoms with E-state index in [2.05, 4.69) is 14.7 Å². The summed E-state index contributed by atoms with van der Waals surface area (Å²) in [5.74, 6) is -1.26. The predicted octanol–water partition coefficient (Wildman–Crippen LogP) is 0.648. The molecule has 0 unspecified atom stereocenters. The maximum absolute atomic E-state index is 11.9. The smallest absolute Gasteiger partial charge is 0.347 e. The Kier molecular flexibility index (Phi) is 3.45. The number of aromatic nitrogens is 2. The first kappa shape index (κ1) is 12.7. The lowest BCUT2D eigenvalue weighted by Crippen LogP contribution is -2.24. The SMILES string of the molecule is O=C(O)c1sccc1S(=O)(=O)NCc1cnc[nH]1. The highest BCUT2D eigenvalue weighted by atomic mass is 32.2. The Morgan fingerprint density at radius 3 is 2.94 bits per heavy atom. The molecule has 96 valence electrons. The first-order chi connectivity index (χ1) is 8.50. The summed E-state index contributed by atoms with van der Waals surface area (Å²) >= 11 is 0.869. The van der Waals surface area contributed by atoms with E-state index in [1.807, 2.05) is 0 Å². The zero-order chi connectivity index (χ0) is 13.2. The fourth-order valence-electron chi connectivity index (χ4n) is 1.30. The molecule has 0 bridgehead atoms. The quantitative estimate of drug-likeness (QED) is 0.747. The van der Waals surface area contributed by atoms with Gasteiger partial charge in [-0.05, 0) is 11.4 Å². The molecule has 9 heteroatoms. The monoisotopic (exact) mass is 287 g/mol. The number of thiophene rings is 1. The van der Waals surface area contributed by atoms with Crippen LogP contribution in [0.5, 0.6) is 0 Å². The number of carboxylic acid groups (broad SMARTS) is 1. The standard InChI is InChI=1S/C9H9N3O4S2/c13-9(14)8-7(1-2-17-8)18(15,16)12-4-6-3-10-5-11-6/h1-3,5,12H,4H2,(H,10,11)(H,13,14). The predicted molar refractivity (Wildman–Crippen MR) is 63.9 cm³/mol. The molecule has 2 rings (SSSR count). The summed E-state index contributed by atoms with van der Waals surface area (Å²) in [6.07, 6.45) is 2.91. The molecule has 0 atom stereocenters. The number of nitrogens with zero attached hydrogens (tertiary/aromatic N) is 1. The van der Waals surface area contributed by atoms with Gasteiger partial charge in [-0.1, -0.05) is 0 Å². The van der Waals surface area contributed by atoms with Gasteiger partial charge in [0.05, 0.1) is 12.9 Å². The number of hydrogen-bond donors (Lipinski definition) is 3. The van der Waals surface area contributed by atoms with Crippen molar-refractivity contribution in [2.24, 2.45) is 0 Å². The summed E-state index contributed by atoms with van der Waals surface area (Å²) in [6.45, 7) is 0.0250. The fourth-order valence-corrected chi connectivity index (χ4v) is 3.56. The molecule has 7 nitrogen and oxygen atoms in total. The van der Waals surface area contributed by atoms with Crippen LogP contribution in [0, 0.1) is 0 Å². The number of imidazole rings is 1. The Balaban J connectivity index is 2.20. The third kappa shape index (κ3) is 2.58. The first-order valence-electron chi connectivity index (χ1n) is 4.78. The zero-order valence-corrected chi connectivity index (χ0v) is 10.6. The molecule has 0 amide bonds. The Labute approximate surface area is 107 Å². The maximum Gasteiger partial charge on any atom is 0.347 e. The number of sulfonamides is 1. The number of hydrogen-bond acceptors (Lipinski definition) is 5. The lowest BCUT2D eigenvalue weighted by molar-refractivity contribution is 0.0698. The molecule has 0 aliphatic rings. The second kappa shape index (κ2) is 4.88. The molecule has 0 aliphatic heterocycles. The fraction of sp³-hybridized carbons (Fsp3) is 0.111. The molecule has 0 radical (unpaired) electrons. The number of rotatable bonds is 5. The molecule has 0 aromatic carbocycles. The number of aromatic amines is 1. The molecule has 0 saturated carbocycles. The van der Waals surface area contributed by atoms with Crippen LogP contribution in [0.15, 0.2) is 28.9 Å². The number of nitrogens with one attached hydrogen (secondary N) is 2. The van der Waals surface area contributed by atoms with Gasteiger partial charge in [-0.3, -0.25) is 0 Å². The van der Waals surface area contributed by atoms with Crippen LogP contribution in [0.4, 0.5) is 0 Å². The van der Waals surface area contributed by atoms with Gasteiger partial charge in [0.15, 0.2) is 0 Å². The summed E-state index contributed by atoms with van der Waals surface area (Å²) < 4.78 is 26.1. The van der Waals surface area contributed by atoms with Crippen LogP contribution in [0.25, 0.3) is 0 Å². The van der Waals surface area contributed by atoms with Gasteiger partial charge in [-0.15, -0.1) is 11.3 Å². The Morgan fingerprint density at radius 1 is 1.56 bits per heavy atom. The molecule has 0 spiro atoms. The largest absolute Gasteiger partial charge is 0.477 e. The van der Waals surface area contributed by atoms with Gasteiger partial charge in [-0.25, -0.2) is 22.9 Å². The van der Waals surface area contributed by atoms with Gasteiger partial charge in [0.1, 0.15) is 9.77 Å². The van der Waals surface area contributed by atoms with E-state index in [-0.39, 0.29) is 16.3 Å². The van der Waals surface area contributed by atoms with E-state index >= 15 is 0 Å². The van der Waals surface area contributed by atoms with Gasteiger partial charge in [-0.2, -0.15) is 0 Å². The normalized spacial score (nSPS) is 11.6. The third-order valence-corrected chi connectivity index (χ3v) is 4.60. The van der Waals surface area contributed by atoms with E-state index in [4.69, 9.17) is 5.11 Å². The van der Waals surface area contributed by atoms with Crippen LogP contribution in [-0.2, 0) is 16.6 Å². The van der Waals surface area contributed by atoms with Crippen molar-refractivity contribution >= 4 is 27.3 Å². The summed E-state index contributed by atoms with van der Waals surface area (Å²) in [6, 6.07) is 1.27. The van der Waals surface area contributed by atoms with Crippen LogP contribution in [0.2, 0.25) is 0 Å². The number of aromatic carboxylic acids is 1. The van der Waals surface area contributed by atoms with Gasteiger partial charge in [0.2, 0.25) is 10.0 Å². The van der Waals surface area contributed by atoms with Crippen molar-refractivity contribution in [3.63, 3.8) is 0 Å². The summed E-state index contributed by atoms with van der Waals surface area (Å²) in [5, 5.41) is 10.3. The number of carboxylic acids is 1. The summed E-state index contributed by atoms with van der Waals surface area (Å²) in [5.41, 5.74) is 0.589. The van der Waals surface area contributed by atoms with Gasteiger partial charge >= 0.3 is 5.97 Å². The topological polar surface area (TPSA) is 112 Å². The van der Waals surface area contributed by atoms with Crippen molar-refractivity contribution < 1.29 is 18.3 Å². The average Bonchev–Trinajstić information content (AvgIpc) is 2.98. The Morgan fingerprint density at radius 2 is 2.33 bits per heavy atom. The van der Waals surface area contributed by atoms with Crippen molar-refractivity contribution in [3.05, 3.63) is 34.5 Å². The summed E-state index contributed by atoms with van der Waals surface area (Å²) in [4.78, 5) is 16.9. The van der Waals surface area contributed by atoms with Crippen molar-refractivity contribution in [1.29, 1.82) is 0 Å². The molecule has 2 aromatic heterocycles. The summed E-state index contributed by atoms with van der Waals surface area (Å²) in [7, 11) is -3.84. The van der Waals surface area contributed by atoms with Gasteiger partial charge < -0.3 is 10.1 Å². The zero-order valence-electron chi connectivity index (χ0n) is 8.95. The average molecular weight is 287 g/mol. The van der Waals surface area contributed by atoms with Crippen LogP contribution in [0.3, 0.4) is 0 Å². The van der Waals surface area contributed by atoms with Crippen LogP contribution >= 0.6 is 11.3 Å². The Hall–Kier alpha value is -1.71. The minimum Gasteiger partial charge on any atom is -0.477 e. The second-order valence-corrected chi connectivity index (χ2v) is 5.97. The van der Waals surface area contributed by atoms with Gasteiger partial charge in [0, 0.05) is 11.9 Å². The van der Waals surface area contributed by atoms with Crippen molar-refractivity contribution in [1.82, 2.24) is 14.7 Å². The van der Waals surface area contributed by atoms with Crippen LogP contribution in [-0.4, -0.2) is 29.5 Å². The molecule has 2 aromatic rings. The molecule has 2 heterocycles. The van der Waals surface area contributed by atoms with E-state index in [1.165, 1.54) is 24.0 Å². The highest BCUT2D eigenvalue weighted by Crippen LogP contribution is 2.21. The van der Waals surface area contributed by atoms with Crippen molar-refractivity contribution in [3.8, 4) is 0 Å². The van der Waals surface area contributed by atoms with Crippen LogP contribution < -0.4 is 4.72 Å². The second-order valence-electron chi connectivity index (χ2n) is 3.32. The third-order valence-electron chi connectivity index (χ3n) is 2.12. The minimum absolute atomic E-state index is 0.0250. The maximum atomic E-state index is 11.9. The van der Waals surface area contributed by atoms with E-state index in [0.717, 1.165) is 11.3 Å². The van der Waals surface area contributed by atoms with E-state index < -0.39 is 16.0 Å². The van der Waals surface area contributed by atoms with Gasteiger partial charge in [0.25, 0.3) is 0 Å². The molecular weight excluding hydrogens is 278 g/mol. The van der Waals surface area contributed by atoms with Crippen molar-refractivity contribution in [2.75, 3.05) is 0 Å². The molecule has 0 fully saturated rings. The highest BCUT2D eigenvalue weighted by Gasteiger charge is 2.23. The van der Waals surface area contributed by atoms with Crippen molar-refractivity contribution in [2.45, 2.75) is 11.4 Å². The molecule has 3 N–H and O–H groups in total. The first-order valence-corrected chi connectivity index (χ1v) is 7.14.